The molecular formula is C20H25FN2O. The number of ether oxygens (including phenoxy) is 1. The lowest BCUT2D eigenvalue weighted by Gasteiger charge is -2.39. The molecular weight excluding hydrogens is 303 g/mol. The van der Waals surface area contributed by atoms with Gasteiger partial charge in [-0.1, -0.05) is 42.5 Å². The summed E-state index contributed by atoms with van der Waals surface area (Å²) < 4.78 is 19.0. The molecule has 24 heavy (non-hydrogen) atoms. The standard InChI is InChI=1S/C20H25FN2O/c1-16-12-23(13-17-7-9-19(21)10-8-17)20(11-22-16)15-24-14-18-5-3-2-4-6-18/h2-10,16,20,22H,11-15H2,1H3/t16-,20+/m0/s1. The normalized spacial score (nSPS) is 21.8. The maximum absolute atomic E-state index is 13.1. The molecule has 2 atom stereocenters. The van der Waals surface area contributed by atoms with E-state index in [1.807, 2.05) is 30.3 Å². The maximum atomic E-state index is 13.1. The Kier molecular flexibility index (Phi) is 5.96. The first-order valence-corrected chi connectivity index (χ1v) is 8.54. The van der Waals surface area contributed by atoms with E-state index in [-0.39, 0.29) is 5.82 Å². The first kappa shape index (κ1) is 17.1. The van der Waals surface area contributed by atoms with Crippen LogP contribution in [0.5, 0.6) is 0 Å². The fourth-order valence-corrected chi connectivity index (χ4v) is 3.10. The highest BCUT2D eigenvalue weighted by Gasteiger charge is 2.25. The van der Waals surface area contributed by atoms with Crippen molar-refractivity contribution in [1.82, 2.24) is 10.2 Å². The molecule has 0 aliphatic carbocycles. The third kappa shape index (κ3) is 4.87. The molecule has 3 nitrogen and oxygen atoms in total. The summed E-state index contributed by atoms with van der Waals surface area (Å²) in [6.07, 6.45) is 0. The molecule has 2 aromatic rings. The monoisotopic (exact) mass is 328 g/mol. The Bertz CT molecular complexity index is 617. The highest BCUT2D eigenvalue weighted by atomic mass is 19.1. The zero-order chi connectivity index (χ0) is 16.8. The molecule has 0 unspecified atom stereocenters. The van der Waals surface area contributed by atoms with Crippen LogP contribution in [0.15, 0.2) is 54.6 Å². The van der Waals surface area contributed by atoms with Crippen molar-refractivity contribution in [3.8, 4) is 0 Å². The molecule has 1 aliphatic rings. The van der Waals surface area contributed by atoms with E-state index in [2.05, 4.69) is 29.3 Å². The summed E-state index contributed by atoms with van der Waals surface area (Å²) >= 11 is 0. The Hall–Kier alpha value is -1.75. The highest BCUT2D eigenvalue weighted by molar-refractivity contribution is 5.16. The van der Waals surface area contributed by atoms with Gasteiger partial charge in [-0.05, 0) is 30.2 Å². The minimum atomic E-state index is -0.185. The van der Waals surface area contributed by atoms with Gasteiger partial charge in [0.25, 0.3) is 0 Å². The molecule has 4 heteroatoms. The zero-order valence-electron chi connectivity index (χ0n) is 14.1. The van der Waals surface area contributed by atoms with Gasteiger partial charge in [0.1, 0.15) is 5.82 Å². The summed E-state index contributed by atoms with van der Waals surface area (Å²) in [7, 11) is 0. The van der Waals surface area contributed by atoms with Crippen molar-refractivity contribution >= 4 is 0 Å². The Labute approximate surface area is 143 Å². The third-order valence-electron chi connectivity index (χ3n) is 4.45. The lowest BCUT2D eigenvalue weighted by Crippen LogP contribution is -2.56. The summed E-state index contributed by atoms with van der Waals surface area (Å²) in [6.45, 7) is 6.23. The highest BCUT2D eigenvalue weighted by Crippen LogP contribution is 2.14. The minimum absolute atomic E-state index is 0.185. The number of nitrogens with one attached hydrogen (secondary N) is 1. The molecule has 3 rings (SSSR count). The predicted octanol–water partition coefficient (Wildman–Crippen LogP) is 3.20. The molecule has 1 N–H and O–H groups in total. The first-order valence-electron chi connectivity index (χ1n) is 8.54. The lowest BCUT2D eigenvalue weighted by molar-refractivity contribution is 0.0269. The average molecular weight is 328 g/mol. The van der Waals surface area contributed by atoms with Gasteiger partial charge in [0.2, 0.25) is 0 Å². The van der Waals surface area contributed by atoms with Crippen LogP contribution >= 0.6 is 0 Å². The van der Waals surface area contributed by atoms with Crippen LogP contribution in [0.1, 0.15) is 18.1 Å². The molecule has 1 aliphatic heterocycles. The molecule has 128 valence electrons. The number of benzene rings is 2. The van der Waals surface area contributed by atoms with Crippen molar-refractivity contribution in [2.24, 2.45) is 0 Å². The van der Waals surface area contributed by atoms with Gasteiger partial charge in [0, 0.05) is 31.7 Å². The lowest BCUT2D eigenvalue weighted by atomic mass is 10.1. The molecule has 2 aromatic carbocycles. The molecule has 0 amide bonds. The molecule has 0 saturated carbocycles. The van der Waals surface area contributed by atoms with Gasteiger partial charge < -0.3 is 10.1 Å². The van der Waals surface area contributed by atoms with E-state index in [0.29, 0.717) is 25.3 Å². The summed E-state index contributed by atoms with van der Waals surface area (Å²) in [4.78, 5) is 2.43. The summed E-state index contributed by atoms with van der Waals surface area (Å²) in [5.41, 5.74) is 2.33. The van der Waals surface area contributed by atoms with Crippen LogP contribution in [0.2, 0.25) is 0 Å². The quantitative estimate of drug-likeness (QED) is 0.881. The number of hydrogen-bond donors (Lipinski definition) is 1. The van der Waals surface area contributed by atoms with E-state index in [0.717, 1.165) is 25.2 Å². The largest absolute Gasteiger partial charge is 0.375 e. The van der Waals surface area contributed by atoms with Gasteiger partial charge in [0.05, 0.1) is 13.2 Å². The second-order valence-corrected chi connectivity index (χ2v) is 6.52. The van der Waals surface area contributed by atoms with Crippen LogP contribution in [0.4, 0.5) is 4.39 Å². The summed E-state index contributed by atoms with van der Waals surface area (Å²) in [5.74, 6) is -0.185. The number of rotatable bonds is 6. The van der Waals surface area contributed by atoms with Gasteiger partial charge in [-0.2, -0.15) is 0 Å². The van der Waals surface area contributed by atoms with Crippen LogP contribution in [0, 0.1) is 5.82 Å². The minimum Gasteiger partial charge on any atom is -0.375 e. The Balaban J connectivity index is 1.56. The SMILES string of the molecule is C[C@H]1CN(Cc2ccc(F)cc2)[C@@H](COCc2ccccc2)CN1. The Morgan fingerprint density at radius 1 is 1.08 bits per heavy atom. The molecule has 0 spiro atoms. The summed E-state index contributed by atoms with van der Waals surface area (Å²) in [5, 5.41) is 3.52. The van der Waals surface area contributed by atoms with Crippen LogP contribution in [0.25, 0.3) is 0 Å². The Morgan fingerprint density at radius 3 is 2.58 bits per heavy atom. The van der Waals surface area contributed by atoms with Gasteiger partial charge >= 0.3 is 0 Å². The first-order chi connectivity index (χ1) is 11.7. The van der Waals surface area contributed by atoms with E-state index in [1.165, 1.54) is 17.7 Å². The molecule has 1 saturated heterocycles. The van der Waals surface area contributed by atoms with Crippen molar-refractivity contribution in [2.45, 2.75) is 32.2 Å². The average Bonchev–Trinajstić information content (AvgIpc) is 2.60. The van der Waals surface area contributed by atoms with Crippen molar-refractivity contribution in [3.05, 3.63) is 71.5 Å². The molecule has 1 fully saturated rings. The number of hydrogen-bond acceptors (Lipinski definition) is 3. The zero-order valence-corrected chi connectivity index (χ0v) is 14.1. The fourth-order valence-electron chi connectivity index (χ4n) is 3.10. The van der Waals surface area contributed by atoms with E-state index >= 15 is 0 Å². The third-order valence-corrected chi connectivity index (χ3v) is 4.45. The van der Waals surface area contributed by atoms with Gasteiger partial charge in [-0.3, -0.25) is 4.90 Å². The smallest absolute Gasteiger partial charge is 0.123 e. The van der Waals surface area contributed by atoms with Crippen molar-refractivity contribution in [1.29, 1.82) is 0 Å². The van der Waals surface area contributed by atoms with E-state index in [1.54, 1.807) is 0 Å². The van der Waals surface area contributed by atoms with Crippen molar-refractivity contribution in [2.75, 3.05) is 19.7 Å². The second-order valence-electron chi connectivity index (χ2n) is 6.52. The van der Waals surface area contributed by atoms with E-state index < -0.39 is 0 Å². The number of halogens is 1. The molecule has 0 radical (unpaired) electrons. The van der Waals surface area contributed by atoms with Gasteiger partial charge in [-0.25, -0.2) is 4.39 Å². The predicted molar refractivity (Wildman–Crippen MR) is 94.2 cm³/mol. The van der Waals surface area contributed by atoms with Gasteiger partial charge in [-0.15, -0.1) is 0 Å². The van der Waals surface area contributed by atoms with Crippen molar-refractivity contribution < 1.29 is 9.13 Å². The van der Waals surface area contributed by atoms with Crippen LogP contribution in [-0.2, 0) is 17.9 Å². The molecule has 1 heterocycles. The van der Waals surface area contributed by atoms with Crippen LogP contribution in [-0.4, -0.2) is 36.7 Å². The van der Waals surface area contributed by atoms with E-state index in [9.17, 15) is 4.39 Å². The Morgan fingerprint density at radius 2 is 1.83 bits per heavy atom. The van der Waals surface area contributed by atoms with Gasteiger partial charge in [0.15, 0.2) is 0 Å². The molecule has 0 aromatic heterocycles. The molecule has 0 bridgehead atoms. The van der Waals surface area contributed by atoms with Crippen LogP contribution < -0.4 is 5.32 Å². The topological polar surface area (TPSA) is 24.5 Å². The van der Waals surface area contributed by atoms with E-state index in [4.69, 9.17) is 4.74 Å². The van der Waals surface area contributed by atoms with Crippen LogP contribution in [0.3, 0.4) is 0 Å². The number of nitrogens with zero attached hydrogens (tertiary/aromatic N) is 1. The fraction of sp³-hybridized carbons (Fsp3) is 0.400. The summed E-state index contributed by atoms with van der Waals surface area (Å²) in [6, 6.07) is 17.8. The second kappa shape index (κ2) is 8.38. The maximum Gasteiger partial charge on any atom is 0.123 e. The number of piperazine rings is 1. The van der Waals surface area contributed by atoms with Crippen molar-refractivity contribution in [3.63, 3.8) is 0 Å².